The molecule has 0 bridgehead atoms. The molecule has 9 heteroatoms. The fourth-order valence-corrected chi connectivity index (χ4v) is 5.73. The molecule has 0 spiro atoms. The van der Waals surface area contributed by atoms with E-state index in [1.807, 2.05) is 0 Å². The van der Waals surface area contributed by atoms with Gasteiger partial charge in [0.1, 0.15) is 6.33 Å². The Balaban J connectivity index is 1.54. The van der Waals surface area contributed by atoms with Crippen molar-refractivity contribution < 1.29 is 13.2 Å². The molecule has 2 heterocycles. The molecule has 1 saturated heterocycles. The van der Waals surface area contributed by atoms with E-state index in [9.17, 15) is 18.0 Å². The maximum atomic E-state index is 13.0. The maximum Gasteiger partial charge on any atom is 0.280 e. The Morgan fingerprint density at radius 2 is 1.68 bits per heavy atom. The number of benzene rings is 2. The largest absolute Gasteiger partial charge is 0.280 e. The zero-order valence-corrected chi connectivity index (χ0v) is 18.2. The van der Waals surface area contributed by atoms with Gasteiger partial charge >= 0.3 is 0 Å². The Hall–Kier alpha value is -3.04. The number of amides is 1. The van der Waals surface area contributed by atoms with Crippen molar-refractivity contribution >= 4 is 26.8 Å². The van der Waals surface area contributed by atoms with E-state index in [-0.39, 0.29) is 10.5 Å². The van der Waals surface area contributed by atoms with Crippen molar-refractivity contribution in [3.8, 4) is 0 Å². The van der Waals surface area contributed by atoms with Gasteiger partial charge in [-0.3, -0.25) is 15.0 Å². The Morgan fingerprint density at radius 1 is 1.03 bits per heavy atom. The van der Waals surface area contributed by atoms with Crippen LogP contribution in [0, 0.1) is 11.8 Å². The first-order valence-corrected chi connectivity index (χ1v) is 11.6. The smallest absolute Gasteiger partial charge is 0.267 e. The van der Waals surface area contributed by atoms with Gasteiger partial charge in [0.25, 0.3) is 11.5 Å². The average Bonchev–Trinajstić information content (AvgIpc) is 2.75. The van der Waals surface area contributed by atoms with E-state index in [0.717, 1.165) is 11.1 Å². The maximum absolute atomic E-state index is 13.0. The molecular weight excluding hydrogens is 416 g/mol. The number of para-hydroxylation sites is 1. The van der Waals surface area contributed by atoms with Crippen LogP contribution in [-0.2, 0) is 10.0 Å². The van der Waals surface area contributed by atoms with Crippen LogP contribution in [0.1, 0.15) is 30.6 Å². The lowest BCUT2D eigenvalue weighted by molar-refractivity contribution is 0.101. The third-order valence-corrected chi connectivity index (χ3v) is 7.32. The second-order valence-electron chi connectivity index (χ2n) is 8.17. The van der Waals surface area contributed by atoms with Gasteiger partial charge in [-0.25, -0.2) is 18.1 Å². The van der Waals surface area contributed by atoms with Crippen LogP contribution in [0.4, 0.5) is 0 Å². The zero-order chi connectivity index (χ0) is 22.2. The number of hydrogen-bond donors (Lipinski definition) is 1. The molecule has 0 aliphatic carbocycles. The van der Waals surface area contributed by atoms with E-state index >= 15 is 0 Å². The number of aromatic nitrogens is 2. The number of hydrogen-bond acceptors (Lipinski definition) is 5. The average molecular weight is 441 g/mol. The first kappa shape index (κ1) is 21.2. The van der Waals surface area contributed by atoms with Crippen LogP contribution in [0.5, 0.6) is 0 Å². The summed E-state index contributed by atoms with van der Waals surface area (Å²) >= 11 is 0. The molecule has 0 saturated carbocycles. The summed E-state index contributed by atoms with van der Waals surface area (Å²) in [6.45, 7) is 5.09. The highest BCUT2D eigenvalue weighted by molar-refractivity contribution is 7.89. The van der Waals surface area contributed by atoms with E-state index in [1.165, 1.54) is 34.9 Å². The lowest BCUT2D eigenvalue weighted by Crippen LogP contribution is -2.42. The van der Waals surface area contributed by atoms with E-state index in [0.29, 0.717) is 35.8 Å². The fourth-order valence-electron chi connectivity index (χ4n) is 4.05. The first-order chi connectivity index (χ1) is 14.8. The Bertz CT molecular complexity index is 1270. The molecule has 0 unspecified atom stereocenters. The number of piperidine rings is 1. The molecule has 4 rings (SSSR count). The predicted molar refractivity (Wildman–Crippen MR) is 118 cm³/mol. The molecule has 1 aliphatic rings. The lowest BCUT2D eigenvalue weighted by atomic mass is 9.94. The third kappa shape index (κ3) is 4.24. The minimum atomic E-state index is -3.62. The van der Waals surface area contributed by atoms with E-state index in [4.69, 9.17) is 0 Å². The molecule has 1 amide bonds. The van der Waals surface area contributed by atoms with Crippen molar-refractivity contribution in [2.45, 2.75) is 25.2 Å². The van der Waals surface area contributed by atoms with E-state index in [1.54, 1.807) is 24.3 Å². The van der Waals surface area contributed by atoms with Crippen LogP contribution >= 0.6 is 0 Å². The monoisotopic (exact) mass is 440 g/mol. The molecule has 162 valence electrons. The van der Waals surface area contributed by atoms with Crippen molar-refractivity contribution in [2.75, 3.05) is 18.5 Å². The van der Waals surface area contributed by atoms with Gasteiger partial charge in [0.05, 0.1) is 15.8 Å². The second-order valence-corrected chi connectivity index (χ2v) is 10.1. The highest BCUT2D eigenvalue weighted by Gasteiger charge is 2.31. The molecule has 1 aromatic heterocycles. The Labute approximate surface area is 180 Å². The van der Waals surface area contributed by atoms with Gasteiger partial charge in [-0.15, -0.1) is 0 Å². The number of sulfonamides is 1. The first-order valence-electron chi connectivity index (χ1n) is 10.1. The lowest BCUT2D eigenvalue weighted by Gasteiger charge is -2.34. The molecule has 0 radical (unpaired) electrons. The molecule has 8 nitrogen and oxygen atoms in total. The summed E-state index contributed by atoms with van der Waals surface area (Å²) in [5.74, 6) is 0.0678. The quantitative estimate of drug-likeness (QED) is 0.672. The third-order valence-electron chi connectivity index (χ3n) is 5.48. The summed E-state index contributed by atoms with van der Waals surface area (Å²) in [4.78, 5) is 29.4. The molecule has 2 aromatic carbocycles. The van der Waals surface area contributed by atoms with Crippen molar-refractivity contribution in [3.05, 3.63) is 70.8 Å². The highest BCUT2D eigenvalue weighted by Crippen LogP contribution is 2.26. The number of carbonyl (C=O) groups excluding carboxylic acids is 1. The minimum absolute atomic E-state index is 0.148. The van der Waals surface area contributed by atoms with Crippen molar-refractivity contribution in [1.29, 1.82) is 0 Å². The Morgan fingerprint density at radius 3 is 2.35 bits per heavy atom. The minimum Gasteiger partial charge on any atom is -0.267 e. The van der Waals surface area contributed by atoms with Crippen LogP contribution in [0.2, 0.25) is 0 Å². The number of carbonyl (C=O) groups is 1. The molecule has 1 aliphatic heterocycles. The van der Waals surface area contributed by atoms with Crippen LogP contribution in [0.15, 0.2) is 64.5 Å². The van der Waals surface area contributed by atoms with Crippen molar-refractivity contribution in [3.63, 3.8) is 0 Å². The summed E-state index contributed by atoms with van der Waals surface area (Å²) < 4.78 is 28.5. The van der Waals surface area contributed by atoms with Gasteiger partial charge in [-0.2, -0.15) is 4.31 Å². The van der Waals surface area contributed by atoms with Gasteiger partial charge in [0.15, 0.2) is 0 Å². The summed E-state index contributed by atoms with van der Waals surface area (Å²) in [6.07, 6.45) is 2.26. The van der Waals surface area contributed by atoms with Crippen molar-refractivity contribution in [1.82, 2.24) is 14.0 Å². The van der Waals surface area contributed by atoms with Gasteiger partial charge in [-0.05, 0) is 54.7 Å². The number of nitrogens with one attached hydrogen (secondary N) is 1. The fraction of sp³-hybridized carbons (Fsp3) is 0.318. The van der Waals surface area contributed by atoms with Gasteiger partial charge < -0.3 is 0 Å². The summed E-state index contributed by atoms with van der Waals surface area (Å²) in [5, 5.41) is 0.386. The standard InChI is InChI=1S/C22H24N4O4S/c1-15-11-16(2)13-25(12-15)31(29,30)18-9-7-17(8-10-18)21(27)24-26-14-23-20-6-4-3-5-19(20)22(26)28/h3-10,14-16H,11-13H2,1-2H3,(H,24,27)/t15-,16-/m1/s1. The molecule has 31 heavy (non-hydrogen) atoms. The molecule has 2 atom stereocenters. The summed E-state index contributed by atoms with van der Waals surface area (Å²) in [5.41, 5.74) is 2.87. The number of rotatable bonds is 4. The van der Waals surface area contributed by atoms with Crippen LogP contribution in [0.3, 0.4) is 0 Å². The van der Waals surface area contributed by atoms with Crippen LogP contribution < -0.4 is 11.0 Å². The molecule has 3 aromatic rings. The number of fused-ring (bicyclic) bond motifs is 1. The van der Waals surface area contributed by atoms with Crippen molar-refractivity contribution in [2.24, 2.45) is 11.8 Å². The van der Waals surface area contributed by atoms with Crippen LogP contribution in [-0.4, -0.2) is 41.4 Å². The van der Waals surface area contributed by atoms with Gasteiger partial charge in [-0.1, -0.05) is 26.0 Å². The van der Waals surface area contributed by atoms with Gasteiger partial charge in [0.2, 0.25) is 10.0 Å². The summed E-state index contributed by atoms with van der Waals surface area (Å²) in [6, 6.07) is 12.6. The Kier molecular flexibility index (Phi) is 5.63. The SMILES string of the molecule is C[C@@H]1C[C@@H](C)CN(S(=O)(=O)c2ccc(C(=O)Nn3cnc4ccccc4c3=O)cc2)C1. The van der Waals surface area contributed by atoms with Crippen LogP contribution in [0.25, 0.3) is 10.9 Å². The number of nitrogens with zero attached hydrogens (tertiary/aromatic N) is 3. The van der Waals surface area contributed by atoms with E-state index < -0.39 is 21.5 Å². The highest BCUT2D eigenvalue weighted by atomic mass is 32.2. The molecule has 1 fully saturated rings. The normalized spacial score (nSPS) is 19.9. The second kappa shape index (κ2) is 8.24. The van der Waals surface area contributed by atoms with Gasteiger partial charge in [0, 0.05) is 18.7 Å². The molecular formula is C22H24N4O4S. The van der Waals surface area contributed by atoms with E-state index in [2.05, 4.69) is 24.3 Å². The predicted octanol–water partition coefficient (Wildman–Crippen LogP) is 2.45. The molecule has 1 N–H and O–H groups in total. The topological polar surface area (TPSA) is 101 Å². The summed E-state index contributed by atoms with van der Waals surface area (Å²) in [7, 11) is -3.62. The zero-order valence-electron chi connectivity index (χ0n) is 17.4.